The lowest BCUT2D eigenvalue weighted by Gasteiger charge is -2.23. The SMILES string of the molecule is Clc1nc(Cl)c2cccn2n1.FC(F)(F)Oc1cccc(-n2cnc(Nc3nc(Cl)nn4cccc34)c2)c1.Nc1cn(-c2cccc(OC(F)(F)F)c2)cn1.OC[C@@H]1CCCN1.OC[C@@H]1CCCN1c1nc(Nc2cn(-c3cccc(OC(F)(F)F)c3)cn2)c2cccn2n1. The number of aromatic nitrogens is 15. The molecule has 14 rings (SSSR count). The Kier molecular flexibility index (Phi) is 21.3. The molecule has 0 bridgehead atoms. The van der Waals surface area contributed by atoms with Crippen molar-refractivity contribution in [2.45, 2.75) is 56.9 Å². The number of nitrogens with two attached hydrogens (primary N) is 1. The van der Waals surface area contributed by atoms with Gasteiger partial charge >= 0.3 is 19.1 Å². The molecule has 37 heteroatoms. The van der Waals surface area contributed by atoms with Crippen molar-refractivity contribution in [1.29, 1.82) is 0 Å². The topological polar surface area (TPSA) is 278 Å². The minimum Gasteiger partial charge on any atom is -0.406 e. The third kappa shape index (κ3) is 18.8. The summed E-state index contributed by atoms with van der Waals surface area (Å²) < 4.78 is 132. The predicted octanol–water partition coefficient (Wildman–Crippen LogP) is 11.8. The number of nitrogens with one attached hydrogen (secondary N) is 3. The average Bonchev–Trinajstić information content (AvgIpc) is 1.71. The van der Waals surface area contributed by atoms with Crippen molar-refractivity contribution in [3.63, 3.8) is 0 Å². The molecule has 0 spiro atoms. The summed E-state index contributed by atoms with van der Waals surface area (Å²) in [5.74, 6) is 1.69. The Bertz CT molecular complexity index is 4500. The van der Waals surface area contributed by atoms with Crippen molar-refractivity contribution >= 4 is 86.4 Å². The molecule has 3 aromatic carbocycles. The van der Waals surface area contributed by atoms with Crippen LogP contribution in [0.25, 0.3) is 33.6 Å². The fourth-order valence-electron chi connectivity index (χ4n) is 9.51. The monoisotopic (exact) mass is 1380 g/mol. The Morgan fingerprint density at radius 3 is 1.45 bits per heavy atom. The first-order valence-electron chi connectivity index (χ1n) is 28.2. The van der Waals surface area contributed by atoms with Gasteiger partial charge in [-0.25, -0.2) is 33.5 Å². The van der Waals surface area contributed by atoms with Gasteiger partial charge in [-0.2, -0.15) is 9.97 Å². The van der Waals surface area contributed by atoms with Gasteiger partial charge in [0.15, 0.2) is 16.8 Å². The largest absolute Gasteiger partial charge is 0.573 e. The molecule has 0 aliphatic carbocycles. The molecular weight excluding hydrogens is 1330 g/mol. The standard InChI is InChI=1S/C21H20F3N7O2.C16H10ClF3N6O.C10H8F3N3O.C6H3Cl2N3.C5H11NO/c22-21(23,24)33-16-6-1-4-14(10-16)29-11-18(25-13-29)26-19-17-7-3-9-31(17)28-20(27-19)30-8-2-5-15(30)12-32;17-15-23-14(12-5-2-6-26(12)24-15)22-13-8-25(9-21-13)10-3-1-4-11(7-10)27-16(18,19)20;11-10(12,13)17-8-3-1-2-7(4-8)16-5-9(14)15-6-16;7-5-4-2-1-3-11(4)10-6(8)9-5;7-4-5-2-1-3-6-5/h1,3-4,6-7,9-11,13,15,32H,2,5,8,12H2,(H,26,27,28);1-9H,(H,22,23,24);1-6H,14H2;1-3H;5-7H,1-4H2/t15-;;;;5-/m0...0/s1. The number of hydrogen-bond donors (Lipinski definition) is 6. The molecule has 7 N–H and O–H groups in total. The zero-order chi connectivity index (χ0) is 67.4. The van der Waals surface area contributed by atoms with E-state index in [0.717, 1.165) is 43.4 Å². The number of imidazole rings is 3. The highest BCUT2D eigenvalue weighted by molar-refractivity contribution is 6.34. The van der Waals surface area contributed by atoms with E-state index in [0.29, 0.717) is 69.6 Å². The smallest absolute Gasteiger partial charge is 0.406 e. The number of hydrogen-bond acceptors (Lipinski definition) is 19. The van der Waals surface area contributed by atoms with Crippen LogP contribution < -0.4 is 40.8 Å². The fraction of sp³-hybridized carbons (Fsp3) is 0.224. The summed E-state index contributed by atoms with van der Waals surface area (Å²) >= 11 is 17.2. The van der Waals surface area contributed by atoms with Crippen molar-refractivity contribution in [2.75, 3.05) is 47.6 Å². The highest BCUT2D eigenvalue weighted by Crippen LogP contribution is 2.31. The van der Waals surface area contributed by atoms with Crippen LogP contribution in [0.4, 0.5) is 74.6 Å². The van der Waals surface area contributed by atoms with Crippen molar-refractivity contribution in [1.82, 2.24) is 77.8 Å². The van der Waals surface area contributed by atoms with Gasteiger partial charge in [-0.3, -0.25) is 0 Å². The van der Waals surface area contributed by atoms with Gasteiger partial charge in [0.05, 0.1) is 54.9 Å². The van der Waals surface area contributed by atoms with Gasteiger partial charge in [0.1, 0.15) is 70.2 Å². The van der Waals surface area contributed by atoms with E-state index >= 15 is 0 Å². The van der Waals surface area contributed by atoms with E-state index in [1.807, 2.05) is 29.2 Å². The van der Waals surface area contributed by atoms with Crippen LogP contribution in [0.5, 0.6) is 17.2 Å². The zero-order valence-corrected chi connectivity index (χ0v) is 51.1. The van der Waals surface area contributed by atoms with E-state index in [2.05, 4.69) is 75.4 Å². The zero-order valence-electron chi connectivity index (χ0n) is 48.8. The Labute approximate surface area is 545 Å². The lowest BCUT2D eigenvalue weighted by atomic mass is 10.2. The second-order valence-electron chi connectivity index (χ2n) is 20.2. The van der Waals surface area contributed by atoms with Gasteiger partial charge in [0, 0.05) is 49.4 Å². The molecule has 95 heavy (non-hydrogen) atoms. The van der Waals surface area contributed by atoms with Gasteiger partial charge in [-0.15, -0.1) is 54.8 Å². The number of benzene rings is 3. The van der Waals surface area contributed by atoms with Crippen molar-refractivity contribution in [3.8, 4) is 34.3 Å². The Morgan fingerprint density at radius 1 is 0.537 bits per heavy atom. The molecule has 2 atom stereocenters. The number of ether oxygens (including phenoxy) is 3. The summed E-state index contributed by atoms with van der Waals surface area (Å²) in [7, 11) is 0. The van der Waals surface area contributed by atoms with Crippen LogP contribution in [0.15, 0.2) is 165 Å². The first-order chi connectivity index (χ1) is 45.4. The normalized spacial score (nSPS) is 14.7. The minimum absolute atomic E-state index is 0.0252. The number of alkyl halides is 9. The molecular formula is C58H52Cl3F9N20O5. The van der Waals surface area contributed by atoms with Gasteiger partial charge in [-0.1, -0.05) is 29.8 Å². The maximum atomic E-state index is 12.5. The van der Waals surface area contributed by atoms with Crippen LogP contribution in [0.2, 0.25) is 15.7 Å². The molecule has 2 fully saturated rings. The molecule has 0 amide bonds. The average molecular weight is 1390 g/mol. The summed E-state index contributed by atoms with van der Waals surface area (Å²) in [4.78, 5) is 26.8. The van der Waals surface area contributed by atoms with Gasteiger partial charge in [0.2, 0.25) is 16.5 Å². The third-order valence-corrected chi connectivity index (χ3v) is 14.2. The molecule has 0 saturated carbocycles. The van der Waals surface area contributed by atoms with E-state index in [-0.39, 0.29) is 46.3 Å². The van der Waals surface area contributed by atoms with Crippen molar-refractivity contribution in [3.05, 3.63) is 181 Å². The molecule has 0 unspecified atom stereocenters. The first-order valence-corrected chi connectivity index (χ1v) is 29.3. The lowest BCUT2D eigenvalue weighted by Crippen LogP contribution is -2.34. The Morgan fingerprint density at radius 2 is 1.00 bits per heavy atom. The maximum Gasteiger partial charge on any atom is 0.573 e. The van der Waals surface area contributed by atoms with Crippen LogP contribution >= 0.6 is 34.8 Å². The highest BCUT2D eigenvalue weighted by atomic mass is 35.5. The minimum atomic E-state index is -4.77. The number of aliphatic hydroxyl groups excluding tert-OH is 2. The molecule has 9 aromatic heterocycles. The van der Waals surface area contributed by atoms with E-state index < -0.39 is 19.1 Å². The first kappa shape index (κ1) is 67.8. The number of aliphatic hydroxyl groups is 2. The van der Waals surface area contributed by atoms with Crippen LogP contribution in [0.3, 0.4) is 0 Å². The number of nitrogen functional groups attached to an aromatic ring is 1. The highest BCUT2D eigenvalue weighted by Gasteiger charge is 2.33. The van der Waals surface area contributed by atoms with Gasteiger partial charge in [0.25, 0.3) is 0 Å². The summed E-state index contributed by atoms with van der Waals surface area (Å²) in [5, 5.41) is 40.6. The van der Waals surface area contributed by atoms with Gasteiger partial charge in [-0.05, 0) is 128 Å². The third-order valence-electron chi connectivity index (χ3n) is 13.6. The number of rotatable bonds is 13. The van der Waals surface area contributed by atoms with E-state index in [1.54, 1.807) is 84.0 Å². The second kappa shape index (κ2) is 29.9. The maximum absolute atomic E-state index is 12.5. The number of anilines is 6. The van der Waals surface area contributed by atoms with Crippen LogP contribution in [0.1, 0.15) is 25.7 Å². The Balaban J connectivity index is 0.000000141. The van der Waals surface area contributed by atoms with Crippen molar-refractivity contribution in [2.24, 2.45) is 0 Å². The second-order valence-corrected chi connectivity index (χ2v) is 21.3. The number of nitrogens with zero attached hydrogens (tertiary/aromatic N) is 16. The molecule has 12 aromatic rings. The van der Waals surface area contributed by atoms with Gasteiger partial charge < -0.3 is 64.7 Å². The summed E-state index contributed by atoms with van der Waals surface area (Å²) in [5.41, 5.74) is 8.98. The molecule has 498 valence electrons. The van der Waals surface area contributed by atoms with Crippen LogP contribution in [0, 0.1) is 0 Å². The summed E-state index contributed by atoms with van der Waals surface area (Å²) in [6.07, 6.45) is 4.32. The molecule has 0 radical (unpaired) electrons. The van der Waals surface area contributed by atoms with Crippen molar-refractivity contribution < 1.29 is 63.9 Å². The number of fused-ring (bicyclic) bond motifs is 3. The van der Waals surface area contributed by atoms with E-state index in [1.165, 1.54) is 90.8 Å². The fourth-order valence-corrected chi connectivity index (χ4v) is 10.1. The molecule has 25 nitrogen and oxygen atoms in total. The molecule has 2 aliphatic rings. The molecule has 11 heterocycles. The van der Waals surface area contributed by atoms with Crippen LogP contribution in [-0.2, 0) is 0 Å². The lowest BCUT2D eigenvalue weighted by molar-refractivity contribution is -0.275. The van der Waals surface area contributed by atoms with E-state index in [4.69, 9.17) is 45.6 Å². The van der Waals surface area contributed by atoms with E-state index in [9.17, 15) is 44.6 Å². The number of halogens is 12. The summed E-state index contributed by atoms with van der Waals surface area (Å²) in [6.45, 7) is 2.17. The molecule has 2 saturated heterocycles. The Hall–Kier alpha value is -10.1. The molecule has 2 aliphatic heterocycles. The van der Waals surface area contributed by atoms with Crippen LogP contribution in [-0.4, -0.2) is 140 Å². The predicted molar refractivity (Wildman–Crippen MR) is 331 cm³/mol. The summed E-state index contributed by atoms with van der Waals surface area (Å²) in [6, 6.07) is 28.0. The quantitative estimate of drug-likeness (QED) is 0.0585.